The molecule has 1 saturated heterocycles. The molecule has 1 aromatic rings. The SMILES string of the molecule is COC(=O)C1=COC(O[C@@H]2O[C@H](COC(=O)/C=C\c3ccc(O)cc3)[C@@H](O)[C@H](O)[C@H]2O)C2C(CO)=CCC12. The molecule has 3 aliphatic rings. The first-order valence-corrected chi connectivity index (χ1v) is 12.0. The molecule has 0 spiro atoms. The van der Waals surface area contributed by atoms with Crippen LogP contribution < -0.4 is 0 Å². The molecule has 0 bridgehead atoms. The van der Waals surface area contributed by atoms with Crippen molar-refractivity contribution in [2.75, 3.05) is 20.3 Å². The number of phenolic OH excluding ortho intramolecular Hbond substituents is 1. The fourth-order valence-corrected chi connectivity index (χ4v) is 4.68. The Bertz CT molecular complexity index is 1090. The van der Waals surface area contributed by atoms with Crippen molar-refractivity contribution in [2.24, 2.45) is 11.8 Å². The van der Waals surface area contributed by atoms with E-state index < -0.39 is 67.4 Å². The van der Waals surface area contributed by atoms with Gasteiger partial charge in [-0.25, -0.2) is 9.59 Å². The summed E-state index contributed by atoms with van der Waals surface area (Å²) in [6.45, 7) is -0.778. The number of hydrogen-bond acceptors (Lipinski definition) is 12. The zero-order valence-corrected chi connectivity index (χ0v) is 20.5. The first-order valence-electron chi connectivity index (χ1n) is 12.0. The molecule has 4 rings (SSSR count). The molecule has 206 valence electrons. The summed E-state index contributed by atoms with van der Waals surface area (Å²) in [6.07, 6.45) is -2.81. The van der Waals surface area contributed by atoms with Crippen molar-refractivity contribution in [1.29, 1.82) is 0 Å². The second kappa shape index (κ2) is 12.1. The quantitative estimate of drug-likeness (QED) is 0.168. The molecule has 0 saturated carbocycles. The van der Waals surface area contributed by atoms with E-state index in [1.807, 2.05) is 0 Å². The summed E-state index contributed by atoms with van der Waals surface area (Å²) in [5, 5.41) is 50.4. The Labute approximate surface area is 218 Å². The van der Waals surface area contributed by atoms with Crippen molar-refractivity contribution < 1.29 is 58.8 Å². The summed E-state index contributed by atoms with van der Waals surface area (Å²) in [5.74, 6) is -2.26. The standard InChI is InChI=1S/C26H30O12/c1-34-24(33)17-11-36-25(20-14(10-27)5-8-16(17)20)38-26-23(32)22(31)21(30)18(37-26)12-35-19(29)9-4-13-2-6-15(28)7-3-13/h2-7,9,11,16,18,20-23,25-28,30-32H,8,10,12H2,1H3/b9-4-/t16?,18-,20?,21-,22+,23-,25?,26+/m1/s1. The summed E-state index contributed by atoms with van der Waals surface area (Å²) in [4.78, 5) is 24.3. The minimum Gasteiger partial charge on any atom is -0.508 e. The van der Waals surface area contributed by atoms with E-state index in [2.05, 4.69) is 0 Å². The van der Waals surface area contributed by atoms with Gasteiger partial charge in [0.1, 0.15) is 36.8 Å². The number of aliphatic hydroxyl groups excluding tert-OH is 4. The Morgan fingerprint density at radius 2 is 1.82 bits per heavy atom. The molecule has 0 radical (unpaired) electrons. The van der Waals surface area contributed by atoms with Gasteiger partial charge in [-0.1, -0.05) is 18.2 Å². The molecule has 0 amide bonds. The lowest BCUT2D eigenvalue weighted by atomic mass is 9.83. The highest BCUT2D eigenvalue weighted by molar-refractivity contribution is 5.89. The van der Waals surface area contributed by atoms with Gasteiger partial charge in [-0.2, -0.15) is 0 Å². The Balaban J connectivity index is 1.41. The Hall–Kier alpha value is -3.26. The first-order chi connectivity index (χ1) is 18.2. The van der Waals surface area contributed by atoms with Gasteiger partial charge in [0.25, 0.3) is 0 Å². The van der Waals surface area contributed by atoms with E-state index >= 15 is 0 Å². The van der Waals surface area contributed by atoms with Crippen LogP contribution in [-0.2, 0) is 33.3 Å². The van der Waals surface area contributed by atoms with Crippen LogP contribution in [0.2, 0.25) is 0 Å². The summed E-state index contributed by atoms with van der Waals surface area (Å²) < 4.78 is 27.0. The highest BCUT2D eigenvalue weighted by Crippen LogP contribution is 2.44. The van der Waals surface area contributed by atoms with Gasteiger partial charge < -0.3 is 49.2 Å². The monoisotopic (exact) mass is 534 g/mol. The zero-order chi connectivity index (χ0) is 27.4. The Morgan fingerprint density at radius 1 is 1.08 bits per heavy atom. The predicted octanol–water partition coefficient (Wildman–Crippen LogP) is -0.259. The number of rotatable bonds is 8. The third kappa shape index (κ3) is 5.90. The molecule has 38 heavy (non-hydrogen) atoms. The molecular formula is C26H30O12. The van der Waals surface area contributed by atoms with Crippen LogP contribution in [0, 0.1) is 11.8 Å². The van der Waals surface area contributed by atoms with Crippen molar-refractivity contribution in [1.82, 2.24) is 0 Å². The van der Waals surface area contributed by atoms with Crippen LogP contribution in [0.4, 0.5) is 0 Å². The lowest BCUT2D eigenvalue weighted by Gasteiger charge is -2.43. The van der Waals surface area contributed by atoms with Crippen LogP contribution in [0.5, 0.6) is 5.75 Å². The van der Waals surface area contributed by atoms with Crippen molar-refractivity contribution in [3.05, 3.63) is 59.4 Å². The second-order valence-corrected chi connectivity index (χ2v) is 9.08. The lowest BCUT2D eigenvalue weighted by molar-refractivity contribution is -0.339. The Morgan fingerprint density at radius 3 is 2.50 bits per heavy atom. The van der Waals surface area contributed by atoms with Crippen LogP contribution in [0.25, 0.3) is 6.08 Å². The number of fused-ring (bicyclic) bond motifs is 1. The summed E-state index contributed by atoms with van der Waals surface area (Å²) >= 11 is 0. The second-order valence-electron chi connectivity index (χ2n) is 9.08. The van der Waals surface area contributed by atoms with Crippen LogP contribution in [-0.4, -0.2) is 94.8 Å². The van der Waals surface area contributed by atoms with E-state index in [1.165, 1.54) is 31.6 Å². The average molecular weight is 535 g/mol. The van der Waals surface area contributed by atoms with Crippen LogP contribution >= 0.6 is 0 Å². The van der Waals surface area contributed by atoms with Crippen LogP contribution in [0.3, 0.4) is 0 Å². The minimum atomic E-state index is -1.69. The minimum absolute atomic E-state index is 0.0799. The van der Waals surface area contributed by atoms with Crippen LogP contribution in [0.1, 0.15) is 12.0 Å². The molecule has 12 heteroatoms. The first kappa shape index (κ1) is 27.8. The number of ether oxygens (including phenoxy) is 5. The normalized spacial score (nSPS) is 32.7. The number of benzene rings is 1. The molecule has 1 fully saturated rings. The number of hydrogen-bond donors (Lipinski definition) is 5. The number of aromatic hydroxyl groups is 1. The smallest absolute Gasteiger partial charge is 0.337 e. The van der Waals surface area contributed by atoms with Gasteiger partial charge in [-0.3, -0.25) is 0 Å². The summed E-state index contributed by atoms with van der Waals surface area (Å²) in [7, 11) is 1.24. The molecule has 5 N–H and O–H groups in total. The fraction of sp³-hybridized carbons (Fsp3) is 0.462. The topological polar surface area (TPSA) is 181 Å². The zero-order valence-electron chi connectivity index (χ0n) is 20.5. The van der Waals surface area contributed by atoms with Gasteiger partial charge in [0.2, 0.25) is 6.29 Å². The van der Waals surface area contributed by atoms with Gasteiger partial charge >= 0.3 is 11.9 Å². The van der Waals surface area contributed by atoms with E-state index in [1.54, 1.807) is 18.2 Å². The molecule has 3 unspecified atom stereocenters. The molecular weight excluding hydrogens is 504 g/mol. The molecule has 1 aliphatic carbocycles. The highest BCUT2D eigenvalue weighted by atomic mass is 16.8. The van der Waals surface area contributed by atoms with Crippen molar-refractivity contribution >= 4 is 18.0 Å². The number of esters is 2. The molecule has 12 nitrogen and oxygen atoms in total. The molecule has 2 heterocycles. The summed E-state index contributed by atoms with van der Waals surface area (Å²) in [5.41, 5.74) is 1.47. The molecule has 8 atom stereocenters. The maximum Gasteiger partial charge on any atom is 0.337 e. The highest BCUT2D eigenvalue weighted by Gasteiger charge is 2.50. The average Bonchev–Trinajstić information content (AvgIpc) is 3.36. The molecule has 1 aromatic carbocycles. The third-order valence-electron chi connectivity index (χ3n) is 6.75. The van der Waals surface area contributed by atoms with Crippen molar-refractivity contribution in [3.8, 4) is 5.75 Å². The maximum atomic E-state index is 12.2. The van der Waals surface area contributed by atoms with Gasteiger partial charge in [0.15, 0.2) is 6.29 Å². The van der Waals surface area contributed by atoms with E-state index in [-0.39, 0.29) is 17.9 Å². The number of allylic oxidation sites excluding steroid dienone is 1. The lowest BCUT2D eigenvalue weighted by Crippen LogP contribution is -2.60. The number of phenols is 1. The van der Waals surface area contributed by atoms with Crippen molar-refractivity contribution in [3.63, 3.8) is 0 Å². The van der Waals surface area contributed by atoms with Crippen LogP contribution in [0.15, 0.2) is 53.8 Å². The third-order valence-corrected chi connectivity index (χ3v) is 6.75. The summed E-state index contributed by atoms with van der Waals surface area (Å²) in [6, 6.07) is 6.10. The van der Waals surface area contributed by atoms with E-state index in [9.17, 15) is 35.1 Å². The number of aliphatic hydroxyl groups is 4. The molecule has 0 aromatic heterocycles. The number of carbonyl (C=O) groups excluding carboxylic acids is 2. The van der Waals surface area contributed by atoms with E-state index in [0.29, 0.717) is 17.6 Å². The largest absolute Gasteiger partial charge is 0.508 e. The fourth-order valence-electron chi connectivity index (χ4n) is 4.68. The van der Waals surface area contributed by atoms with Gasteiger partial charge in [0, 0.05) is 12.0 Å². The number of carbonyl (C=O) groups is 2. The van der Waals surface area contributed by atoms with Gasteiger partial charge in [-0.05, 0) is 35.8 Å². The Kier molecular flexibility index (Phi) is 8.82. The van der Waals surface area contributed by atoms with E-state index in [4.69, 9.17) is 23.7 Å². The maximum absolute atomic E-state index is 12.2. The molecule has 2 aliphatic heterocycles. The van der Waals surface area contributed by atoms with Gasteiger partial charge in [0.05, 0.1) is 31.5 Å². The predicted molar refractivity (Wildman–Crippen MR) is 128 cm³/mol. The van der Waals surface area contributed by atoms with E-state index in [0.717, 1.165) is 6.08 Å². The number of methoxy groups -OCH3 is 1. The van der Waals surface area contributed by atoms with Crippen molar-refractivity contribution in [2.45, 2.75) is 43.4 Å². The van der Waals surface area contributed by atoms with Gasteiger partial charge in [-0.15, -0.1) is 0 Å².